The molecule has 0 aliphatic carbocycles. The van der Waals surface area contributed by atoms with Crippen LogP contribution in [0.3, 0.4) is 0 Å². The molecular formula is C8H8ClF3. The molecule has 0 aromatic rings. The first-order valence-corrected chi connectivity index (χ1v) is 3.61. The summed E-state index contributed by atoms with van der Waals surface area (Å²) in [4.78, 5) is 0. The highest BCUT2D eigenvalue weighted by atomic mass is 35.5. The van der Waals surface area contributed by atoms with Gasteiger partial charge in [0.15, 0.2) is 0 Å². The van der Waals surface area contributed by atoms with Crippen LogP contribution >= 0.6 is 11.6 Å². The van der Waals surface area contributed by atoms with Crippen LogP contribution in [0.5, 0.6) is 0 Å². The lowest BCUT2D eigenvalue weighted by Crippen LogP contribution is -2.13. The maximum atomic E-state index is 12.1. The van der Waals surface area contributed by atoms with E-state index in [0.717, 1.165) is 12.2 Å². The molecule has 0 rings (SSSR count). The lowest BCUT2D eigenvalue weighted by Gasteiger charge is -2.11. The second kappa shape index (κ2) is 4.36. The Morgan fingerprint density at radius 2 is 1.92 bits per heavy atom. The first-order chi connectivity index (χ1) is 5.43. The lowest BCUT2D eigenvalue weighted by molar-refractivity contribution is -0.0892. The highest BCUT2D eigenvalue weighted by molar-refractivity contribution is 6.19. The number of hydrogen-bond acceptors (Lipinski definition) is 0. The average molecular weight is 197 g/mol. The first kappa shape index (κ1) is 11.3. The molecular weight excluding hydrogens is 189 g/mol. The highest BCUT2D eigenvalue weighted by Crippen LogP contribution is 2.30. The molecule has 0 heterocycles. The van der Waals surface area contributed by atoms with E-state index in [1.165, 1.54) is 0 Å². The Labute approximate surface area is 74.0 Å². The third-order valence-electron chi connectivity index (χ3n) is 1.13. The number of halogens is 4. The molecule has 0 N–H and O–H groups in total. The van der Waals surface area contributed by atoms with Crippen LogP contribution in [0.25, 0.3) is 0 Å². The number of alkyl halides is 4. The third-order valence-corrected chi connectivity index (χ3v) is 1.45. The Bertz CT molecular complexity index is 213. The minimum atomic E-state index is -4.40. The number of rotatable bonds is 3. The van der Waals surface area contributed by atoms with Gasteiger partial charge < -0.3 is 0 Å². The van der Waals surface area contributed by atoms with Gasteiger partial charge in [0.1, 0.15) is 0 Å². The van der Waals surface area contributed by atoms with Crippen molar-refractivity contribution in [3.8, 4) is 0 Å². The molecule has 4 heteroatoms. The van der Waals surface area contributed by atoms with Crippen molar-refractivity contribution in [3.63, 3.8) is 0 Å². The topological polar surface area (TPSA) is 0 Å². The fourth-order valence-electron chi connectivity index (χ4n) is 0.603. The fraction of sp³-hybridized carbons (Fsp3) is 0.250. The molecule has 0 fully saturated rings. The number of hydrogen-bond donors (Lipinski definition) is 0. The maximum absolute atomic E-state index is 12.1. The Hall–Kier alpha value is -0.700. The van der Waals surface area contributed by atoms with Gasteiger partial charge in [-0.15, -0.1) is 11.6 Å². The molecule has 0 aliphatic rings. The summed E-state index contributed by atoms with van der Waals surface area (Å²) < 4.78 is 36.3. The minimum Gasteiger partial charge on any atom is -0.166 e. The predicted molar refractivity (Wildman–Crippen MR) is 44.2 cm³/mol. The Morgan fingerprint density at radius 1 is 1.42 bits per heavy atom. The van der Waals surface area contributed by atoms with E-state index in [1.807, 2.05) is 0 Å². The predicted octanol–water partition coefficient (Wildman–Crippen LogP) is 3.46. The van der Waals surface area contributed by atoms with Crippen molar-refractivity contribution >= 4 is 11.6 Å². The van der Waals surface area contributed by atoms with Crippen LogP contribution in [0.1, 0.15) is 0 Å². The molecule has 0 bridgehead atoms. The van der Waals surface area contributed by atoms with Gasteiger partial charge in [-0.1, -0.05) is 25.3 Å². The molecule has 0 aliphatic heterocycles. The molecule has 0 aromatic carbocycles. The van der Waals surface area contributed by atoms with Gasteiger partial charge in [0, 0.05) is 5.88 Å². The summed E-state index contributed by atoms with van der Waals surface area (Å²) in [6.07, 6.45) is -2.49. The summed E-state index contributed by atoms with van der Waals surface area (Å²) >= 11 is 5.21. The van der Waals surface area contributed by atoms with Crippen LogP contribution in [0.15, 0.2) is 36.5 Å². The van der Waals surface area contributed by atoms with Crippen LogP contribution in [0.2, 0.25) is 0 Å². The Balaban J connectivity index is 4.81. The summed E-state index contributed by atoms with van der Waals surface area (Å²) in [5.41, 5.74) is -0.975. The summed E-state index contributed by atoms with van der Waals surface area (Å²) in [7, 11) is 0. The van der Waals surface area contributed by atoms with Gasteiger partial charge in [0.25, 0.3) is 0 Å². The van der Waals surface area contributed by atoms with Gasteiger partial charge in [-0.2, -0.15) is 13.2 Å². The normalized spacial score (nSPS) is 12.8. The monoisotopic (exact) mass is 196 g/mol. The zero-order valence-electron chi connectivity index (χ0n) is 6.29. The van der Waals surface area contributed by atoms with Crippen molar-refractivity contribution in [2.75, 3.05) is 5.88 Å². The van der Waals surface area contributed by atoms with E-state index in [2.05, 4.69) is 13.2 Å². The second-order valence-electron chi connectivity index (χ2n) is 2.05. The summed E-state index contributed by atoms with van der Waals surface area (Å²) in [6, 6.07) is 0. The Kier molecular flexibility index (Phi) is 4.10. The van der Waals surface area contributed by atoms with Gasteiger partial charge >= 0.3 is 6.18 Å². The summed E-state index contributed by atoms with van der Waals surface area (Å²) in [5.74, 6) is -0.237. The molecule has 0 nitrogen and oxygen atoms in total. The molecule has 0 unspecified atom stereocenters. The SMILES string of the molecule is C=C/C=C(\C(=C)CCl)C(F)(F)F. The van der Waals surface area contributed by atoms with E-state index in [0.29, 0.717) is 0 Å². The first-order valence-electron chi connectivity index (χ1n) is 3.07. The van der Waals surface area contributed by atoms with Crippen LogP contribution < -0.4 is 0 Å². The smallest absolute Gasteiger partial charge is 0.166 e. The van der Waals surface area contributed by atoms with E-state index in [4.69, 9.17) is 11.6 Å². The highest BCUT2D eigenvalue weighted by Gasteiger charge is 2.34. The van der Waals surface area contributed by atoms with Crippen LogP contribution in [-0.2, 0) is 0 Å². The Morgan fingerprint density at radius 3 is 2.17 bits per heavy atom. The van der Waals surface area contributed by atoms with Crippen molar-refractivity contribution < 1.29 is 13.2 Å². The van der Waals surface area contributed by atoms with Gasteiger partial charge in [0.2, 0.25) is 0 Å². The van der Waals surface area contributed by atoms with E-state index in [1.54, 1.807) is 0 Å². The van der Waals surface area contributed by atoms with E-state index >= 15 is 0 Å². The van der Waals surface area contributed by atoms with Gasteiger partial charge in [-0.25, -0.2) is 0 Å². The zero-order chi connectivity index (χ0) is 9.78. The maximum Gasteiger partial charge on any atom is 0.416 e. The van der Waals surface area contributed by atoms with Crippen LogP contribution in [0, 0.1) is 0 Å². The van der Waals surface area contributed by atoms with E-state index in [9.17, 15) is 13.2 Å². The van der Waals surface area contributed by atoms with Crippen molar-refractivity contribution in [2.24, 2.45) is 0 Å². The molecule has 0 spiro atoms. The average Bonchev–Trinajstić information content (AvgIpc) is 1.96. The largest absolute Gasteiger partial charge is 0.416 e. The van der Waals surface area contributed by atoms with Gasteiger partial charge in [-0.05, 0) is 5.57 Å². The quantitative estimate of drug-likeness (QED) is 0.479. The lowest BCUT2D eigenvalue weighted by atomic mass is 10.1. The molecule has 0 atom stereocenters. The van der Waals surface area contributed by atoms with Gasteiger partial charge in [-0.3, -0.25) is 0 Å². The van der Waals surface area contributed by atoms with E-state index < -0.39 is 11.7 Å². The van der Waals surface area contributed by atoms with Crippen molar-refractivity contribution in [1.29, 1.82) is 0 Å². The van der Waals surface area contributed by atoms with Crippen molar-refractivity contribution in [1.82, 2.24) is 0 Å². The minimum absolute atomic E-state index is 0.149. The van der Waals surface area contributed by atoms with Gasteiger partial charge in [0.05, 0.1) is 5.57 Å². The summed E-state index contributed by atoms with van der Waals surface area (Å²) in [6.45, 7) is 6.36. The summed E-state index contributed by atoms with van der Waals surface area (Å²) in [5, 5.41) is 0. The van der Waals surface area contributed by atoms with Crippen LogP contribution in [0.4, 0.5) is 13.2 Å². The molecule has 0 amide bonds. The molecule has 0 aromatic heterocycles. The van der Waals surface area contributed by atoms with Crippen LogP contribution in [-0.4, -0.2) is 12.1 Å². The molecule has 0 saturated carbocycles. The second-order valence-corrected chi connectivity index (χ2v) is 2.32. The molecule has 0 saturated heterocycles. The third kappa shape index (κ3) is 3.13. The fourth-order valence-corrected chi connectivity index (χ4v) is 0.747. The van der Waals surface area contributed by atoms with Crippen molar-refractivity contribution in [2.45, 2.75) is 6.18 Å². The molecule has 68 valence electrons. The standard InChI is InChI=1S/C8H8ClF3/c1-3-4-7(6(2)5-9)8(10,11)12/h3-4H,1-2,5H2/b7-4+. The van der Waals surface area contributed by atoms with E-state index in [-0.39, 0.29) is 11.5 Å². The zero-order valence-corrected chi connectivity index (χ0v) is 7.04. The number of allylic oxidation sites excluding steroid dienone is 4. The van der Waals surface area contributed by atoms with Crippen molar-refractivity contribution in [3.05, 3.63) is 36.5 Å². The molecule has 0 radical (unpaired) electrons. The molecule has 12 heavy (non-hydrogen) atoms.